The monoisotopic (exact) mass is 507 g/mol. The van der Waals surface area contributed by atoms with E-state index in [-0.39, 0.29) is 0 Å². The maximum absolute atomic E-state index is 2.56. The number of quaternary nitrogens is 2. The topological polar surface area (TPSA) is 0 Å². The molecule has 0 amide bonds. The van der Waals surface area contributed by atoms with Gasteiger partial charge in [0.1, 0.15) is 0 Å². The zero-order valence-electron chi connectivity index (χ0n) is 25.8. The van der Waals surface area contributed by atoms with Crippen molar-refractivity contribution in [2.24, 2.45) is 0 Å². The number of rotatable bonds is 9. The molecule has 0 spiro atoms. The van der Waals surface area contributed by atoms with E-state index in [1.807, 2.05) is 0 Å². The SMILES string of the molecule is C[N+](C)(CCCCCC[N+](C)(C)C1CCCCCCCCCCC1)C1CCCCCCCCCCC1. The molecule has 2 rings (SSSR count). The van der Waals surface area contributed by atoms with E-state index in [0.29, 0.717) is 0 Å². The largest absolute Gasteiger partial charge is 0.326 e. The van der Waals surface area contributed by atoms with Crippen molar-refractivity contribution in [3.63, 3.8) is 0 Å². The molecule has 0 N–H and O–H groups in total. The van der Waals surface area contributed by atoms with Crippen LogP contribution in [0.2, 0.25) is 0 Å². The van der Waals surface area contributed by atoms with E-state index in [1.165, 1.54) is 189 Å². The maximum Gasteiger partial charge on any atom is 0.0886 e. The van der Waals surface area contributed by atoms with Gasteiger partial charge < -0.3 is 8.97 Å². The van der Waals surface area contributed by atoms with Gasteiger partial charge in [0.05, 0.1) is 53.4 Å². The summed E-state index contributed by atoms with van der Waals surface area (Å²) in [5.41, 5.74) is 0. The van der Waals surface area contributed by atoms with Gasteiger partial charge in [-0.1, -0.05) is 89.9 Å². The molecule has 214 valence electrons. The van der Waals surface area contributed by atoms with Crippen LogP contribution < -0.4 is 0 Å². The van der Waals surface area contributed by atoms with Crippen LogP contribution in [0, 0.1) is 0 Å². The number of nitrogens with zero attached hydrogens (tertiary/aromatic N) is 2. The highest BCUT2D eigenvalue weighted by Gasteiger charge is 2.28. The molecule has 0 aromatic heterocycles. The van der Waals surface area contributed by atoms with E-state index >= 15 is 0 Å². The smallest absolute Gasteiger partial charge is 0.0886 e. The molecular formula is C34H70N2+2. The molecule has 0 aromatic rings. The number of hydrogen-bond donors (Lipinski definition) is 0. The molecule has 2 fully saturated rings. The Morgan fingerprint density at radius 2 is 0.556 bits per heavy atom. The summed E-state index contributed by atoms with van der Waals surface area (Å²) in [7, 11) is 10.2. The Morgan fingerprint density at radius 3 is 0.806 bits per heavy atom. The predicted molar refractivity (Wildman–Crippen MR) is 162 cm³/mol. The summed E-state index contributed by atoms with van der Waals surface area (Å²) in [6.45, 7) is 2.79. The summed E-state index contributed by atoms with van der Waals surface area (Å²) < 4.78 is 2.56. The zero-order chi connectivity index (χ0) is 26.0. The molecular weight excluding hydrogens is 436 g/mol. The first-order valence-corrected chi connectivity index (χ1v) is 17.1. The summed E-state index contributed by atoms with van der Waals surface area (Å²) in [6, 6.07) is 1.81. The Kier molecular flexibility index (Phi) is 17.0. The van der Waals surface area contributed by atoms with Crippen molar-refractivity contribution < 1.29 is 8.97 Å². The molecule has 2 saturated carbocycles. The van der Waals surface area contributed by atoms with E-state index in [2.05, 4.69) is 28.2 Å². The van der Waals surface area contributed by atoms with E-state index in [9.17, 15) is 0 Å². The van der Waals surface area contributed by atoms with E-state index in [1.54, 1.807) is 0 Å². The summed E-state index contributed by atoms with van der Waals surface area (Å²) in [5.74, 6) is 0. The van der Waals surface area contributed by atoms with E-state index < -0.39 is 0 Å². The van der Waals surface area contributed by atoms with E-state index in [0.717, 1.165) is 12.1 Å². The van der Waals surface area contributed by atoms with Gasteiger partial charge in [0.25, 0.3) is 0 Å². The molecule has 2 heteroatoms. The minimum atomic E-state index is 0.904. The zero-order valence-corrected chi connectivity index (χ0v) is 25.8. The summed E-state index contributed by atoms with van der Waals surface area (Å²) >= 11 is 0. The number of unbranched alkanes of at least 4 members (excludes halogenated alkanes) is 3. The minimum Gasteiger partial charge on any atom is -0.326 e. The average molecular weight is 507 g/mol. The Balaban J connectivity index is 1.68. The molecule has 0 aromatic carbocycles. The summed E-state index contributed by atoms with van der Waals surface area (Å²) in [5, 5.41) is 0. The van der Waals surface area contributed by atoms with Gasteiger partial charge in [-0.25, -0.2) is 0 Å². The van der Waals surface area contributed by atoms with Crippen molar-refractivity contribution in [2.75, 3.05) is 41.3 Å². The molecule has 2 aliphatic rings. The molecule has 0 unspecified atom stereocenters. The lowest BCUT2D eigenvalue weighted by Crippen LogP contribution is -2.49. The normalized spacial score (nSPS) is 22.7. The Hall–Kier alpha value is -0.0800. The average Bonchev–Trinajstić information content (AvgIpc) is 2.81. The Bertz CT molecular complexity index is 441. The van der Waals surface area contributed by atoms with Crippen LogP contribution in [0.4, 0.5) is 0 Å². The third-order valence-electron chi connectivity index (χ3n) is 10.3. The summed E-state index contributed by atoms with van der Waals surface area (Å²) in [4.78, 5) is 0. The fourth-order valence-corrected chi connectivity index (χ4v) is 7.44. The highest BCUT2D eigenvalue weighted by molar-refractivity contribution is 4.64. The van der Waals surface area contributed by atoms with Crippen molar-refractivity contribution in [1.29, 1.82) is 0 Å². The minimum absolute atomic E-state index is 0.904. The Labute approximate surface area is 229 Å². The van der Waals surface area contributed by atoms with Crippen molar-refractivity contribution in [2.45, 2.75) is 179 Å². The van der Waals surface area contributed by atoms with Crippen molar-refractivity contribution >= 4 is 0 Å². The van der Waals surface area contributed by atoms with Crippen LogP contribution in [-0.4, -0.2) is 62.3 Å². The molecule has 0 atom stereocenters. The molecule has 0 heterocycles. The van der Waals surface area contributed by atoms with Gasteiger partial charge in [-0.05, 0) is 77.0 Å². The predicted octanol–water partition coefficient (Wildman–Crippen LogP) is 10.0. The van der Waals surface area contributed by atoms with Crippen LogP contribution >= 0.6 is 0 Å². The third kappa shape index (κ3) is 14.2. The van der Waals surface area contributed by atoms with Crippen molar-refractivity contribution in [3.05, 3.63) is 0 Å². The quantitative estimate of drug-likeness (QED) is 0.215. The lowest BCUT2D eigenvalue weighted by atomic mass is 9.95. The van der Waals surface area contributed by atoms with Crippen LogP contribution in [0.25, 0.3) is 0 Å². The molecule has 0 saturated heterocycles. The van der Waals surface area contributed by atoms with Gasteiger partial charge >= 0.3 is 0 Å². The first-order chi connectivity index (χ1) is 17.4. The lowest BCUT2D eigenvalue weighted by molar-refractivity contribution is -0.916. The first kappa shape index (κ1) is 32.1. The maximum atomic E-state index is 2.56. The van der Waals surface area contributed by atoms with E-state index in [4.69, 9.17) is 0 Å². The first-order valence-electron chi connectivity index (χ1n) is 17.1. The standard InChI is InChI=1S/C34H70N2/c1-35(2,33-27-21-15-11-7-5-8-12-16-22-28-33)31-25-19-20-26-32-36(3,4)34-29-23-17-13-9-6-10-14-18-24-30-34/h33-34H,5-32H2,1-4H3/q+2. The van der Waals surface area contributed by atoms with Crippen LogP contribution in [-0.2, 0) is 0 Å². The second-order valence-electron chi connectivity index (χ2n) is 14.2. The van der Waals surface area contributed by atoms with Crippen molar-refractivity contribution in [1.82, 2.24) is 0 Å². The van der Waals surface area contributed by atoms with Crippen LogP contribution in [0.15, 0.2) is 0 Å². The molecule has 0 aliphatic heterocycles. The van der Waals surface area contributed by atoms with Crippen LogP contribution in [0.5, 0.6) is 0 Å². The van der Waals surface area contributed by atoms with Gasteiger partial charge in [-0.15, -0.1) is 0 Å². The Morgan fingerprint density at radius 1 is 0.333 bits per heavy atom. The van der Waals surface area contributed by atoms with Gasteiger partial charge in [0.15, 0.2) is 0 Å². The third-order valence-corrected chi connectivity index (χ3v) is 10.3. The lowest BCUT2D eigenvalue weighted by Gasteiger charge is -2.39. The molecule has 2 nitrogen and oxygen atoms in total. The summed E-state index contributed by atoms with van der Waals surface area (Å²) in [6.07, 6.45) is 38.3. The van der Waals surface area contributed by atoms with Crippen LogP contribution in [0.1, 0.15) is 167 Å². The second-order valence-corrected chi connectivity index (χ2v) is 14.2. The molecule has 2 aliphatic carbocycles. The van der Waals surface area contributed by atoms with Crippen LogP contribution in [0.3, 0.4) is 0 Å². The fraction of sp³-hybridized carbons (Fsp3) is 1.00. The van der Waals surface area contributed by atoms with Gasteiger partial charge in [-0.2, -0.15) is 0 Å². The van der Waals surface area contributed by atoms with Crippen molar-refractivity contribution in [3.8, 4) is 0 Å². The highest BCUT2D eigenvalue weighted by atomic mass is 15.3. The van der Waals surface area contributed by atoms with Gasteiger partial charge in [0.2, 0.25) is 0 Å². The highest BCUT2D eigenvalue weighted by Crippen LogP contribution is 2.26. The fourth-order valence-electron chi connectivity index (χ4n) is 7.44. The molecule has 0 bridgehead atoms. The number of hydrogen-bond acceptors (Lipinski definition) is 0. The molecule has 36 heavy (non-hydrogen) atoms. The van der Waals surface area contributed by atoms with Gasteiger partial charge in [-0.3, -0.25) is 0 Å². The van der Waals surface area contributed by atoms with Gasteiger partial charge in [0, 0.05) is 0 Å². The molecule has 0 radical (unpaired) electrons. The second kappa shape index (κ2) is 19.1.